The van der Waals surface area contributed by atoms with Gasteiger partial charge in [-0.1, -0.05) is 12.1 Å². The highest BCUT2D eigenvalue weighted by Gasteiger charge is 2.43. The molecule has 1 unspecified atom stereocenters. The van der Waals surface area contributed by atoms with Crippen molar-refractivity contribution in [2.45, 2.75) is 24.6 Å². The minimum absolute atomic E-state index is 0.0392. The Morgan fingerprint density at radius 1 is 1.25 bits per heavy atom. The number of hydroxylamine groups is 1. The maximum atomic E-state index is 12.0. The Morgan fingerprint density at radius 3 is 2.50 bits per heavy atom. The fourth-order valence-corrected chi connectivity index (χ4v) is 3.56. The first-order valence-corrected chi connectivity index (χ1v) is 10.3. The summed E-state index contributed by atoms with van der Waals surface area (Å²) >= 11 is 0. The van der Waals surface area contributed by atoms with E-state index in [-0.39, 0.29) is 13.0 Å². The molecule has 1 amide bonds. The molecule has 0 radical (unpaired) electrons. The highest BCUT2D eigenvalue weighted by atomic mass is 32.2. The first kappa shape index (κ1) is 19.8. The molecule has 2 N–H and O–H groups in total. The number of oxazole rings is 1. The molecule has 0 aliphatic rings. The van der Waals surface area contributed by atoms with Crippen LogP contribution in [-0.2, 0) is 21.2 Å². The fraction of sp³-hybridized carbons (Fsp3) is 0.278. The summed E-state index contributed by atoms with van der Waals surface area (Å²) in [5.74, 6) is -0.436. The second kappa shape index (κ2) is 7.56. The van der Waals surface area contributed by atoms with Crippen LogP contribution in [0, 0.1) is 0 Å². The predicted molar refractivity (Wildman–Crippen MR) is 101 cm³/mol. The van der Waals surface area contributed by atoms with Gasteiger partial charge in [0.1, 0.15) is 6.26 Å². The van der Waals surface area contributed by atoms with Crippen molar-refractivity contribution in [3.8, 4) is 22.6 Å². The lowest BCUT2D eigenvalue weighted by Gasteiger charge is -2.24. The van der Waals surface area contributed by atoms with E-state index in [2.05, 4.69) is 10.1 Å². The van der Waals surface area contributed by atoms with Crippen molar-refractivity contribution in [1.29, 1.82) is 0 Å². The first-order valence-electron chi connectivity index (χ1n) is 8.41. The van der Waals surface area contributed by atoms with Crippen molar-refractivity contribution in [1.82, 2.24) is 20.2 Å². The van der Waals surface area contributed by atoms with Gasteiger partial charge < -0.3 is 4.42 Å². The molecule has 10 heteroatoms. The molecule has 148 valence electrons. The molecule has 0 aliphatic heterocycles. The van der Waals surface area contributed by atoms with Crippen LogP contribution < -0.4 is 5.48 Å². The van der Waals surface area contributed by atoms with Crippen LogP contribution >= 0.6 is 0 Å². The Kier molecular flexibility index (Phi) is 5.34. The summed E-state index contributed by atoms with van der Waals surface area (Å²) in [6.07, 6.45) is 7.43. The van der Waals surface area contributed by atoms with E-state index >= 15 is 0 Å². The van der Waals surface area contributed by atoms with Crippen LogP contribution in [0.4, 0.5) is 0 Å². The Bertz CT molecular complexity index is 1060. The molecule has 2 aromatic heterocycles. The molecule has 0 saturated heterocycles. The van der Waals surface area contributed by atoms with Gasteiger partial charge in [-0.25, -0.2) is 18.9 Å². The van der Waals surface area contributed by atoms with E-state index in [1.807, 2.05) is 24.3 Å². The number of hydrogen-bond acceptors (Lipinski definition) is 7. The number of sulfone groups is 1. The maximum absolute atomic E-state index is 12.0. The van der Waals surface area contributed by atoms with Crippen molar-refractivity contribution in [3.63, 3.8) is 0 Å². The van der Waals surface area contributed by atoms with E-state index in [4.69, 9.17) is 9.62 Å². The Morgan fingerprint density at radius 2 is 1.93 bits per heavy atom. The van der Waals surface area contributed by atoms with Gasteiger partial charge in [0.05, 0.1) is 12.4 Å². The van der Waals surface area contributed by atoms with Crippen LogP contribution in [0.15, 0.2) is 53.5 Å². The van der Waals surface area contributed by atoms with Crippen LogP contribution in [0.1, 0.15) is 13.3 Å². The maximum Gasteiger partial charge on any atom is 0.264 e. The molecule has 9 nitrogen and oxygen atoms in total. The minimum Gasteiger partial charge on any atom is -0.445 e. The van der Waals surface area contributed by atoms with Gasteiger partial charge in [0.25, 0.3) is 5.91 Å². The van der Waals surface area contributed by atoms with Crippen LogP contribution in [0.2, 0.25) is 0 Å². The third kappa shape index (κ3) is 3.82. The van der Waals surface area contributed by atoms with Gasteiger partial charge in [-0.3, -0.25) is 14.7 Å². The lowest BCUT2D eigenvalue weighted by Crippen LogP contribution is -2.49. The number of aryl methyl sites for hydroxylation is 1. The van der Waals surface area contributed by atoms with Crippen LogP contribution in [-0.4, -0.2) is 45.3 Å². The second-order valence-electron chi connectivity index (χ2n) is 6.60. The van der Waals surface area contributed by atoms with Gasteiger partial charge in [0.15, 0.2) is 14.6 Å². The molecule has 1 atom stereocenters. The fourth-order valence-electron chi connectivity index (χ4n) is 2.72. The minimum atomic E-state index is -3.75. The van der Waals surface area contributed by atoms with E-state index in [0.717, 1.165) is 22.9 Å². The highest BCUT2D eigenvalue weighted by molar-refractivity contribution is 7.92. The monoisotopic (exact) mass is 404 g/mol. The van der Waals surface area contributed by atoms with Gasteiger partial charge in [-0.2, -0.15) is 5.10 Å². The van der Waals surface area contributed by atoms with Gasteiger partial charge in [0, 0.05) is 30.1 Å². The lowest BCUT2D eigenvalue weighted by molar-refractivity contribution is -0.131. The zero-order valence-corrected chi connectivity index (χ0v) is 16.2. The first-order chi connectivity index (χ1) is 13.2. The highest BCUT2D eigenvalue weighted by Crippen LogP contribution is 2.25. The summed E-state index contributed by atoms with van der Waals surface area (Å²) in [6, 6.07) is 7.57. The summed E-state index contributed by atoms with van der Waals surface area (Å²) in [6.45, 7) is 1.46. The standard InChI is InChI=1S/C18H20N4O5S/c1-18(17(23)21-24,28(2,25)26)7-9-22-12-15(11-20-22)13-3-5-14(6-4-13)16-19-8-10-27-16/h3-6,8,10-12,24H,7,9H2,1-2H3,(H,21,23). The second-order valence-corrected chi connectivity index (χ2v) is 9.05. The number of amides is 1. The molecule has 0 bridgehead atoms. The largest absolute Gasteiger partial charge is 0.445 e. The number of benzene rings is 1. The van der Waals surface area contributed by atoms with Crippen molar-refractivity contribution < 1.29 is 22.8 Å². The van der Waals surface area contributed by atoms with E-state index in [1.54, 1.807) is 23.3 Å². The Hall–Kier alpha value is -2.98. The number of nitrogens with zero attached hydrogens (tertiary/aromatic N) is 3. The third-order valence-electron chi connectivity index (χ3n) is 4.75. The van der Waals surface area contributed by atoms with Gasteiger partial charge in [-0.15, -0.1) is 0 Å². The number of carbonyl (C=O) groups excluding carboxylic acids is 1. The number of hydrogen-bond donors (Lipinski definition) is 2. The zero-order chi connectivity index (χ0) is 20.4. The van der Waals surface area contributed by atoms with Crippen LogP contribution in [0.3, 0.4) is 0 Å². The zero-order valence-electron chi connectivity index (χ0n) is 15.4. The average molecular weight is 404 g/mol. The lowest BCUT2D eigenvalue weighted by atomic mass is 10.1. The molecule has 0 saturated carbocycles. The number of carbonyl (C=O) groups is 1. The Balaban J connectivity index is 1.74. The molecule has 0 aliphatic carbocycles. The molecule has 1 aromatic carbocycles. The van der Waals surface area contributed by atoms with E-state index < -0.39 is 20.5 Å². The van der Waals surface area contributed by atoms with Gasteiger partial charge in [0.2, 0.25) is 5.89 Å². The molecule has 2 heterocycles. The summed E-state index contributed by atoms with van der Waals surface area (Å²) in [5.41, 5.74) is 4.04. The van der Waals surface area contributed by atoms with Crippen LogP contribution in [0.25, 0.3) is 22.6 Å². The molecule has 28 heavy (non-hydrogen) atoms. The Labute approximate surface area is 161 Å². The summed E-state index contributed by atoms with van der Waals surface area (Å²) < 4.78 is 29.1. The summed E-state index contributed by atoms with van der Waals surface area (Å²) in [4.78, 5) is 16.0. The van der Waals surface area contributed by atoms with E-state index in [9.17, 15) is 13.2 Å². The molecule has 0 fully saturated rings. The quantitative estimate of drug-likeness (QED) is 0.455. The molecule has 3 aromatic rings. The van der Waals surface area contributed by atoms with Crippen molar-refractivity contribution in [3.05, 3.63) is 49.1 Å². The molecular weight excluding hydrogens is 384 g/mol. The van der Waals surface area contributed by atoms with Crippen molar-refractivity contribution in [2.24, 2.45) is 0 Å². The number of nitrogens with one attached hydrogen (secondary N) is 1. The average Bonchev–Trinajstić information content (AvgIpc) is 3.36. The van der Waals surface area contributed by atoms with Crippen molar-refractivity contribution >= 4 is 15.7 Å². The number of rotatable bonds is 7. The van der Waals surface area contributed by atoms with Gasteiger partial charge in [-0.05, 0) is 31.0 Å². The summed E-state index contributed by atoms with van der Waals surface area (Å²) in [7, 11) is -3.75. The molecule has 3 rings (SSSR count). The van der Waals surface area contributed by atoms with E-state index in [1.165, 1.54) is 18.7 Å². The normalized spacial score (nSPS) is 13.8. The number of aromatic nitrogens is 3. The SMILES string of the molecule is CC(CCn1cc(-c2ccc(-c3ncco3)cc2)cn1)(C(=O)NO)S(C)(=O)=O. The molecular formula is C18H20N4O5S. The molecule has 0 spiro atoms. The predicted octanol–water partition coefficient (Wildman–Crippen LogP) is 1.90. The summed E-state index contributed by atoms with van der Waals surface area (Å²) in [5, 5.41) is 13.1. The smallest absolute Gasteiger partial charge is 0.264 e. The topological polar surface area (TPSA) is 127 Å². The van der Waals surface area contributed by atoms with Crippen molar-refractivity contribution in [2.75, 3.05) is 6.26 Å². The van der Waals surface area contributed by atoms with E-state index in [0.29, 0.717) is 5.89 Å². The van der Waals surface area contributed by atoms with Gasteiger partial charge >= 0.3 is 0 Å². The van der Waals surface area contributed by atoms with Crippen LogP contribution in [0.5, 0.6) is 0 Å². The third-order valence-corrected chi connectivity index (χ3v) is 6.78.